The predicted octanol–water partition coefficient (Wildman–Crippen LogP) is 2.75. The molecule has 1 aromatic heterocycles. The van der Waals surface area contributed by atoms with Gasteiger partial charge in [-0.05, 0) is 26.7 Å². The van der Waals surface area contributed by atoms with Crippen LogP contribution in [0.5, 0.6) is 0 Å². The Kier molecular flexibility index (Phi) is 5.27. The van der Waals surface area contributed by atoms with Crippen LogP contribution in [-0.2, 0) is 30.4 Å². The largest absolute Gasteiger partial charge is 0.449 e. The number of aromatic nitrogens is 2. The van der Waals surface area contributed by atoms with E-state index in [9.17, 15) is 13.2 Å². The van der Waals surface area contributed by atoms with E-state index in [1.807, 2.05) is 13.8 Å². The molecule has 0 fully saturated rings. The lowest BCUT2D eigenvalue weighted by atomic mass is 10.2. The molecule has 0 atom stereocenters. The number of rotatable bonds is 6. The monoisotopic (exact) mass is 305 g/mol. The smallest absolute Gasteiger partial charge is 0.379 e. The molecule has 0 aromatic carbocycles. The Hall–Kier alpha value is -1.08. The topological polar surface area (TPSA) is 39.1 Å². The lowest BCUT2D eigenvalue weighted by molar-refractivity contribution is -0.147. The fourth-order valence-corrected chi connectivity index (χ4v) is 2.52. The first kappa shape index (κ1) is 16.3. The van der Waals surface area contributed by atoms with Gasteiger partial charge in [-0.25, -0.2) is 4.98 Å². The third-order valence-electron chi connectivity index (χ3n) is 3.47. The zero-order valence-corrected chi connectivity index (χ0v) is 12.5. The maximum Gasteiger partial charge on any atom is 0.449 e. The highest BCUT2D eigenvalue weighted by Gasteiger charge is 2.38. The van der Waals surface area contributed by atoms with Crippen molar-refractivity contribution in [3.05, 3.63) is 17.2 Å². The summed E-state index contributed by atoms with van der Waals surface area (Å²) in [6, 6.07) is 0. The van der Waals surface area contributed by atoms with Gasteiger partial charge in [-0.3, -0.25) is 0 Å². The molecule has 0 spiro atoms. The molecule has 2 heterocycles. The molecule has 1 aromatic rings. The second-order valence-corrected chi connectivity index (χ2v) is 5.53. The Labute approximate surface area is 122 Å². The number of nitrogens with zero attached hydrogens (tertiary/aromatic N) is 2. The molecular weight excluding hydrogens is 283 g/mol. The van der Waals surface area contributed by atoms with Crippen LogP contribution in [0.1, 0.15) is 43.9 Å². The van der Waals surface area contributed by atoms with Crippen LogP contribution in [0.2, 0.25) is 0 Å². The van der Waals surface area contributed by atoms with E-state index in [1.165, 1.54) is 4.57 Å². The molecule has 0 saturated carbocycles. The first-order chi connectivity index (χ1) is 9.89. The van der Waals surface area contributed by atoms with Crippen LogP contribution in [0.15, 0.2) is 0 Å². The van der Waals surface area contributed by atoms with Crippen LogP contribution in [-0.4, -0.2) is 28.8 Å². The molecule has 0 aliphatic carbocycles. The molecule has 0 saturated heterocycles. The van der Waals surface area contributed by atoms with Gasteiger partial charge in [-0.1, -0.05) is 0 Å². The van der Waals surface area contributed by atoms with E-state index < -0.39 is 12.0 Å². The number of imidazole rings is 1. The minimum atomic E-state index is -4.40. The van der Waals surface area contributed by atoms with Gasteiger partial charge in [0.05, 0.1) is 11.8 Å². The van der Waals surface area contributed by atoms with Crippen molar-refractivity contribution >= 4 is 0 Å². The fraction of sp³-hybridized carbons (Fsp3) is 0.786. The van der Waals surface area contributed by atoms with Crippen LogP contribution in [0.3, 0.4) is 0 Å². The van der Waals surface area contributed by atoms with Crippen molar-refractivity contribution in [2.24, 2.45) is 0 Å². The van der Waals surface area contributed by atoms with Crippen molar-refractivity contribution in [3.63, 3.8) is 0 Å². The summed E-state index contributed by atoms with van der Waals surface area (Å²) in [6.45, 7) is 5.94. The van der Waals surface area contributed by atoms with E-state index >= 15 is 0 Å². The van der Waals surface area contributed by atoms with Crippen LogP contribution >= 0.6 is 0 Å². The second-order valence-electron chi connectivity index (χ2n) is 5.53. The van der Waals surface area contributed by atoms with Gasteiger partial charge in [-0.15, -0.1) is 0 Å². The summed E-state index contributed by atoms with van der Waals surface area (Å²) in [7, 11) is 0. The summed E-state index contributed by atoms with van der Waals surface area (Å²) in [5.74, 6) is -0.763. The molecule has 7 heteroatoms. The molecule has 1 N–H and O–H groups in total. The summed E-state index contributed by atoms with van der Waals surface area (Å²) >= 11 is 0. The first-order valence-corrected chi connectivity index (χ1v) is 7.37. The number of unbranched alkanes of at least 4 members (excludes halogenated alkanes) is 1. The third-order valence-corrected chi connectivity index (χ3v) is 3.47. The van der Waals surface area contributed by atoms with E-state index in [0.717, 1.165) is 12.1 Å². The van der Waals surface area contributed by atoms with Gasteiger partial charge in [0, 0.05) is 38.4 Å². The average Bonchev–Trinajstić information content (AvgIpc) is 2.77. The zero-order chi connectivity index (χ0) is 15.5. The van der Waals surface area contributed by atoms with Crippen molar-refractivity contribution in [3.8, 4) is 0 Å². The van der Waals surface area contributed by atoms with Crippen LogP contribution in [0, 0.1) is 0 Å². The number of nitrogens with one attached hydrogen (secondary N) is 1. The maximum atomic E-state index is 13.1. The van der Waals surface area contributed by atoms with Crippen molar-refractivity contribution < 1.29 is 17.9 Å². The van der Waals surface area contributed by atoms with Crippen LogP contribution < -0.4 is 5.32 Å². The highest BCUT2D eigenvalue weighted by molar-refractivity contribution is 5.21. The SMILES string of the molecule is CC(C)OCCCCn1c(C(F)(F)F)nc2c1CCNC2. The Morgan fingerprint density at radius 2 is 2.10 bits per heavy atom. The summed E-state index contributed by atoms with van der Waals surface area (Å²) in [6.07, 6.45) is -2.23. The van der Waals surface area contributed by atoms with Crippen molar-refractivity contribution in [1.29, 1.82) is 0 Å². The lowest BCUT2D eigenvalue weighted by Crippen LogP contribution is -2.25. The van der Waals surface area contributed by atoms with E-state index in [0.29, 0.717) is 44.8 Å². The van der Waals surface area contributed by atoms with Gasteiger partial charge in [0.2, 0.25) is 5.82 Å². The van der Waals surface area contributed by atoms with E-state index in [1.54, 1.807) is 0 Å². The molecule has 0 bridgehead atoms. The second kappa shape index (κ2) is 6.79. The van der Waals surface area contributed by atoms with Crippen LogP contribution in [0.4, 0.5) is 13.2 Å². The minimum Gasteiger partial charge on any atom is -0.379 e. The molecule has 4 nitrogen and oxygen atoms in total. The van der Waals surface area contributed by atoms with Crippen molar-refractivity contribution in [2.45, 2.75) is 58.5 Å². The number of alkyl halides is 3. The van der Waals surface area contributed by atoms with Gasteiger partial charge in [0.1, 0.15) is 0 Å². The quantitative estimate of drug-likeness (QED) is 0.821. The van der Waals surface area contributed by atoms with Gasteiger partial charge in [-0.2, -0.15) is 13.2 Å². The summed E-state index contributed by atoms with van der Waals surface area (Å²) < 4.78 is 46.0. The molecule has 0 amide bonds. The Morgan fingerprint density at radius 1 is 1.33 bits per heavy atom. The summed E-state index contributed by atoms with van der Waals surface area (Å²) in [5.41, 5.74) is 1.26. The Balaban J connectivity index is 2.04. The lowest BCUT2D eigenvalue weighted by Gasteiger charge is -2.17. The molecular formula is C14H22F3N3O. The molecule has 0 radical (unpaired) electrons. The van der Waals surface area contributed by atoms with E-state index in [4.69, 9.17) is 4.74 Å². The maximum absolute atomic E-state index is 13.1. The van der Waals surface area contributed by atoms with Gasteiger partial charge >= 0.3 is 6.18 Å². The number of ether oxygens (including phenoxy) is 1. The third kappa shape index (κ3) is 4.20. The summed E-state index contributed by atoms with van der Waals surface area (Å²) in [5, 5.41) is 3.06. The average molecular weight is 305 g/mol. The highest BCUT2D eigenvalue weighted by atomic mass is 19.4. The Morgan fingerprint density at radius 3 is 2.76 bits per heavy atom. The number of hydrogen-bond donors (Lipinski definition) is 1. The van der Waals surface area contributed by atoms with Gasteiger partial charge < -0.3 is 14.6 Å². The predicted molar refractivity (Wildman–Crippen MR) is 73.0 cm³/mol. The van der Waals surface area contributed by atoms with Crippen molar-refractivity contribution in [1.82, 2.24) is 14.9 Å². The highest BCUT2D eigenvalue weighted by Crippen LogP contribution is 2.31. The van der Waals surface area contributed by atoms with E-state index in [2.05, 4.69) is 10.3 Å². The molecule has 1 aliphatic rings. The fourth-order valence-electron chi connectivity index (χ4n) is 2.52. The van der Waals surface area contributed by atoms with E-state index in [-0.39, 0.29) is 6.10 Å². The molecule has 1 aliphatic heterocycles. The normalized spacial score (nSPS) is 15.5. The number of hydrogen-bond acceptors (Lipinski definition) is 3. The zero-order valence-electron chi connectivity index (χ0n) is 12.5. The number of fused-ring (bicyclic) bond motifs is 1. The molecule has 2 rings (SSSR count). The minimum absolute atomic E-state index is 0.155. The standard InChI is InChI=1S/C14H22F3N3O/c1-10(2)21-8-4-3-7-20-12-5-6-18-9-11(12)19-13(20)14(15,16)17/h10,18H,3-9H2,1-2H3. The molecule has 120 valence electrons. The van der Waals surface area contributed by atoms with Gasteiger partial charge in [0.15, 0.2) is 0 Å². The molecule has 0 unspecified atom stereocenters. The van der Waals surface area contributed by atoms with Crippen LogP contribution in [0.25, 0.3) is 0 Å². The first-order valence-electron chi connectivity index (χ1n) is 7.37. The molecule has 21 heavy (non-hydrogen) atoms. The Bertz CT molecular complexity index is 469. The summed E-state index contributed by atoms with van der Waals surface area (Å²) in [4.78, 5) is 3.79. The van der Waals surface area contributed by atoms with Gasteiger partial charge in [0.25, 0.3) is 0 Å². The van der Waals surface area contributed by atoms with Crippen molar-refractivity contribution in [2.75, 3.05) is 13.2 Å². The number of halogens is 3.